The van der Waals surface area contributed by atoms with Crippen LogP contribution in [0.15, 0.2) is 24.7 Å². The molecule has 3 N–H and O–H groups in total. The molecule has 19 heavy (non-hydrogen) atoms. The smallest absolute Gasteiger partial charge is 0.253 e. The van der Waals surface area contributed by atoms with Crippen LogP contribution in [-0.4, -0.2) is 32.1 Å². The first-order valence-electron chi connectivity index (χ1n) is 6.16. The number of amides is 1. The van der Waals surface area contributed by atoms with E-state index in [9.17, 15) is 4.79 Å². The zero-order chi connectivity index (χ0) is 13.1. The Morgan fingerprint density at radius 3 is 2.89 bits per heavy atom. The summed E-state index contributed by atoms with van der Waals surface area (Å²) in [6, 6.07) is 3.89. The van der Waals surface area contributed by atoms with Gasteiger partial charge in [0.15, 0.2) is 0 Å². The normalized spacial score (nSPS) is 14.1. The molecule has 0 unspecified atom stereocenters. The zero-order valence-electron chi connectivity index (χ0n) is 10.3. The molecule has 2 aromatic rings. The Kier molecular flexibility index (Phi) is 3.09. The molecular formula is C12H14N6O. The van der Waals surface area contributed by atoms with Crippen molar-refractivity contribution < 1.29 is 4.79 Å². The van der Waals surface area contributed by atoms with Gasteiger partial charge in [0.05, 0.1) is 12.1 Å². The molecule has 1 aliphatic carbocycles. The van der Waals surface area contributed by atoms with Crippen LogP contribution >= 0.6 is 0 Å². The highest BCUT2D eigenvalue weighted by Crippen LogP contribution is 2.19. The Bertz CT molecular complexity index is 546. The summed E-state index contributed by atoms with van der Waals surface area (Å²) in [5.74, 6) is 1.37. The number of rotatable bonds is 5. The highest BCUT2D eigenvalue weighted by atomic mass is 16.1. The maximum Gasteiger partial charge on any atom is 0.253 e. The summed E-state index contributed by atoms with van der Waals surface area (Å²) in [4.78, 5) is 19.9. The molecular weight excluding hydrogens is 244 g/mol. The second kappa shape index (κ2) is 5.05. The number of pyridine rings is 1. The number of aromatic nitrogens is 4. The van der Waals surface area contributed by atoms with E-state index in [-0.39, 0.29) is 5.91 Å². The number of nitrogens with zero attached hydrogens (tertiary/aromatic N) is 3. The van der Waals surface area contributed by atoms with Crippen molar-refractivity contribution in [1.29, 1.82) is 0 Å². The molecule has 0 aliphatic heterocycles. The molecule has 2 aromatic heterocycles. The van der Waals surface area contributed by atoms with Crippen LogP contribution in [0.1, 0.15) is 29.0 Å². The minimum absolute atomic E-state index is 0.0585. The summed E-state index contributed by atoms with van der Waals surface area (Å²) in [7, 11) is 0. The van der Waals surface area contributed by atoms with E-state index in [1.807, 2.05) is 0 Å². The average Bonchev–Trinajstić information content (AvgIpc) is 3.09. The number of H-pyrrole nitrogens is 1. The first kappa shape index (κ1) is 11.6. The third kappa shape index (κ3) is 3.06. The Morgan fingerprint density at radius 2 is 2.26 bits per heavy atom. The standard InChI is InChI=1S/C12H14N6O/c19-12(17-9-2-3-9)8-1-4-10(13-5-8)14-6-11-15-7-16-18-11/h1,4-5,7,9H,2-3,6H2,(H,13,14)(H,17,19)(H,15,16,18). The fourth-order valence-electron chi connectivity index (χ4n) is 1.62. The molecule has 1 saturated carbocycles. The summed E-state index contributed by atoms with van der Waals surface area (Å²) < 4.78 is 0. The van der Waals surface area contributed by atoms with Crippen LogP contribution in [-0.2, 0) is 6.54 Å². The highest BCUT2D eigenvalue weighted by Gasteiger charge is 2.23. The van der Waals surface area contributed by atoms with E-state index in [1.54, 1.807) is 18.3 Å². The largest absolute Gasteiger partial charge is 0.363 e. The number of anilines is 1. The maximum absolute atomic E-state index is 11.8. The number of hydrogen-bond acceptors (Lipinski definition) is 5. The van der Waals surface area contributed by atoms with Crippen molar-refractivity contribution in [3.8, 4) is 0 Å². The van der Waals surface area contributed by atoms with Crippen LogP contribution in [0.2, 0.25) is 0 Å². The van der Waals surface area contributed by atoms with E-state index >= 15 is 0 Å². The molecule has 0 bridgehead atoms. The summed E-state index contributed by atoms with van der Waals surface area (Å²) >= 11 is 0. The minimum Gasteiger partial charge on any atom is -0.363 e. The Labute approximate surface area is 109 Å². The average molecular weight is 258 g/mol. The van der Waals surface area contributed by atoms with Crippen LogP contribution in [0, 0.1) is 0 Å². The molecule has 1 amide bonds. The molecule has 0 atom stereocenters. The molecule has 0 radical (unpaired) electrons. The number of nitrogens with one attached hydrogen (secondary N) is 3. The van der Waals surface area contributed by atoms with E-state index in [0.717, 1.165) is 18.7 Å². The lowest BCUT2D eigenvalue weighted by Crippen LogP contribution is -2.25. The molecule has 0 aromatic carbocycles. The van der Waals surface area contributed by atoms with Crippen LogP contribution in [0.4, 0.5) is 5.82 Å². The van der Waals surface area contributed by atoms with Crippen molar-refractivity contribution in [2.75, 3.05) is 5.32 Å². The van der Waals surface area contributed by atoms with Gasteiger partial charge < -0.3 is 10.6 Å². The SMILES string of the molecule is O=C(NC1CC1)c1ccc(NCc2ncn[nH]2)nc1. The van der Waals surface area contributed by atoms with Gasteiger partial charge in [0.25, 0.3) is 5.91 Å². The highest BCUT2D eigenvalue weighted by molar-refractivity contribution is 5.94. The van der Waals surface area contributed by atoms with Crippen molar-refractivity contribution in [3.63, 3.8) is 0 Å². The van der Waals surface area contributed by atoms with Gasteiger partial charge in [-0.2, -0.15) is 5.10 Å². The molecule has 98 valence electrons. The van der Waals surface area contributed by atoms with Crippen molar-refractivity contribution in [2.24, 2.45) is 0 Å². The fraction of sp³-hybridized carbons (Fsp3) is 0.333. The van der Waals surface area contributed by atoms with Crippen molar-refractivity contribution in [2.45, 2.75) is 25.4 Å². The maximum atomic E-state index is 11.8. The van der Waals surface area contributed by atoms with Crippen LogP contribution in [0.3, 0.4) is 0 Å². The van der Waals surface area contributed by atoms with Gasteiger partial charge in [-0.1, -0.05) is 0 Å². The topological polar surface area (TPSA) is 95.6 Å². The van der Waals surface area contributed by atoms with Crippen molar-refractivity contribution in [1.82, 2.24) is 25.5 Å². The van der Waals surface area contributed by atoms with Gasteiger partial charge in [-0.05, 0) is 25.0 Å². The zero-order valence-corrected chi connectivity index (χ0v) is 10.3. The lowest BCUT2D eigenvalue weighted by atomic mass is 10.2. The number of hydrogen-bond donors (Lipinski definition) is 3. The molecule has 1 aliphatic rings. The first-order valence-corrected chi connectivity index (χ1v) is 6.16. The molecule has 7 nitrogen and oxygen atoms in total. The Hall–Kier alpha value is -2.44. The summed E-state index contributed by atoms with van der Waals surface area (Å²) in [6.07, 6.45) is 5.18. The fourth-order valence-corrected chi connectivity index (χ4v) is 1.62. The number of carbonyl (C=O) groups is 1. The van der Waals surface area contributed by atoms with E-state index in [1.165, 1.54) is 6.33 Å². The van der Waals surface area contributed by atoms with E-state index in [0.29, 0.717) is 24.0 Å². The van der Waals surface area contributed by atoms with Gasteiger partial charge in [-0.3, -0.25) is 9.89 Å². The van der Waals surface area contributed by atoms with Gasteiger partial charge in [0, 0.05) is 12.2 Å². The third-order valence-corrected chi connectivity index (χ3v) is 2.84. The Morgan fingerprint density at radius 1 is 1.37 bits per heavy atom. The molecule has 2 heterocycles. The van der Waals surface area contributed by atoms with Gasteiger partial charge in [-0.25, -0.2) is 9.97 Å². The van der Waals surface area contributed by atoms with Crippen LogP contribution < -0.4 is 10.6 Å². The second-order valence-electron chi connectivity index (χ2n) is 4.47. The predicted molar refractivity (Wildman–Crippen MR) is 68.4 cm³/mol. The quantitative estimate of drug-likeness (QED) is 0.734. The van der Waals surface area contributed by atoms with Crippen LogP contribution in [0.25, 0.3) is 0 Å². The minimum atomic E-state index is -0.0585. The predicted octanol–water partition coefficient (Wildman–Crippen LogP) is 0.704. The van der Waals surface area contributed by atoms with E-state index < -0.39 is 0 Å². The van der Waals surface area contributed by atoms with Gasteiger partial charge in [-0.15, -0.1) is 0 Å². The Balaban J connectivity index is 1.57. The number of carbonyl (C=O) groups excluding carboxylic acids is 1. The first-order chi connectivity index (χ1) is 9.31. The van der Waals surface area contributed by atoms with Gasteiger partial charge >= 0.3 is 0 Å². The van der Waals surface area contributed by atoms with Gasteiger partial charge in [0.2, 0.25) is 0 Å². The lowest BCUT2D eigenvalue weighted by molar-refractivity contribution is 0.0951. The summed E-state index contributed by atoms with van der Waals surface area (Å²) in [5.41, 5.74) is 0.581. The van der Waals surface area contributed by atoms with E-state index in [4.69, 9.17) is 0 Å². The molecule has 3 rings (SSSR count). The molecule has 1 fully saturated rings. The van der Waals surface area contributed by atoms with Crippen molar-refractivity contribution in [3.05, 3.63) is 36.0 Å². The van der Waals surface area contributed by atoms with Crippen molar-refractivity contribution >= 4 is 11.7 Å². The molecule has 0 saturated heterocycles. The van der Waals surface area contributed by atoms with Crippen LogP contribution in [0.5, 0.6) is 0 Å². The summed E-state index contributed by atoms with van der Waals surface area (Å²) in [5, 5.41) is 12.5. The third-order valence-electron chi connectivity index (χ3n) is 2.84. The second-order valence-corrected chi connectivity index (χ2v) is 4.47. The monoisotopic (exact) mass is 258 g/mol. The number of aromatic amines is 1. The summed E-state index contributed by atoms with van der Waals surface area (Å²) in [6.45, 7) is 0.515. The molecule has 7 heteroatoms. The lowest BCUT2D eigenvalue weighted by Gasteiger charge is -2.05. The van der Waals surface area contributed by atoms with Gasteiger partial charge in [0.1, 0.15) is 18.0 Å². The molecule has 0 spiro atoms. The van der Waals surface area contributed by atoms with E-state index in [2.05, 4.69) is 30.8 Å².